The summed E-state index contributed by atoms with van der Waals surface area (Å²) in [6, 6.07) is 12.6. The number of benzene rings is 2. The van der Waals surface area contributed by atoms with Crippen LogP contribution in [0.2, 0.25) is 5.02 Å². The van der Waals surface area contributed by atoms with E-state index in [1.165, 1.54) is 16.7 Å². The predicted molar refractivity (Wildman–Crippen MR) is 86.0 cm³/mol. The van der Waals surface area contributed by atoms with Crippen LogP contribution in [0.5, 0.6) is 0 Å². The van der Waals surface area contributed by atoms with Crippen molar-refractivity contribution in [3.05, 3.63) is 68.1 Å². The molecular weight excluding hydrogens is 322 g/mol. The van der Waals surface area contributed by atoms with E-state index in [2.05, 4.69) is 59.4 Å². The number of rotatable bonds is 3. The summed E-state index contributed by atoms with van der Waals surface area (Å²) in [6.07, 6.45) is 0. The van der Waals surface area contributed by atoms with Crippen molar-refractivity contribution in [2.45, 2.75) is 19.9 Å². The summed E-state index contributed by atoms with van der Waals surface area (Å²) in [7, 11) is 1.96. The number of halogens is 2. The van der Waals surface area contributed by atoms with Crippen LogP contribution in [0.1, 0.15) is 28.3 Å². The lowest BCUT2D eigenvalue weighted by molar-refractivity contribution is 0.687. The van der Waals surface area contributed by atoms with Gasteiger partial charge >= 0.3 is 0 Å². The Labute approximate surface area is 128 Å². The Kier molecular flexibility index (Phi) is 4.67. The van der Waals surface area contributed by atoms with Crippen LogP contribution in [-0.2, 0) is 0 Å². The van der Waals surface area contributed by atoms with Crippen LogP contribution >= 0.6 is 27.5 Å². The number of hydrogen-bond donors (Lipinski definition) is 1. The molecule has 0 aliphatic heterocycles. The molecule has 2 aromatic carbocycles. The van der Waals surface area contributed by atoms with Crippen molar-refractivity contribution in [1.82, 2.24) is 5.32 Å². The first kappa shape index (κ1) is 14.6. The maximum absolute atomic E-state index is 6.35. The second kappa shape index (κ2) is 6.08. The monoisotopic (exact) mass is 337 g/mol. The molecule has 0 aliphatic rings. The Bertz CT molecular complexity index is 544. The zero-order valence-electron chi connectivity index (χ0n) is 11.3. The molecule has 1 unspecified atom stereocenters. The Morgan fingerprint density at radius 3 is 2.47 bits per heavy atom. The molecule has 1 nitrogen and oxygen atoms in total. The lowest BCUT2D eigenvalue weighted by atomic mass is 9.93. The fraction of sp³-hybridized carbons (Fsp3) is 0.250. The van der Waals surface area contributed by atoms with Crippen molar-refractivity contribution in [2.24, 2.45) is 0 Å². The molecule has 0 saturated heterocycles. The molecule has 0 radical (unpaired) electrons. The number of nitrogens with one attached hydrogen (secondary N) is 1. The van der Waals surface area contributed by atoms with E-state index in [4.69, 9.17) is 11.6 Å². The third-order valence-electron chi connectivity index (χ3n) is 3.30. The topological polar surface area (TPSA) is 12.0 Å². The first-order chi connectivity index (χ1) is 9.02. The van der Waals surface area contributed by atoms with Crippen molar-refractivity contribution in [3.63, 3.8) is 0 Å². The highest BCUT2D eigenvalue weighted by atomic mass is 79.9. The smallest absolute Gasteiger partial charge is 0.0592 e. The van der Waals surface area contributed by atoms with Crippen LogP contribution in [0.15, 0.2) is 40.9 Å². The van der Waals surface area contributed by atoms with Crippen molar-refractivity contribution < 1.29 is 0 Å². The maximum atomic E-state index is 6.35. The predicted octanol–water partition coefficient (Wildman–Crippen LogP) is 5.03. The molecule has 3 heteroatoms. The molecule has 0 spiro atoms. The first-order valence-electron chi connectivity index (χ1n) is 6.22. The van der Waals surface area contributed by atoms with Gasteiger partial charge in [0.15, 0.2) is 0 Å². The third kappa shape index (κ3) is 3.19. The minimum absolute atomic E-state index is 0.102. The summed E-state index contributed by atoms with van der Waals surface area (Å²) >= 11 is 9.86. The van der Waals surface area contributed by atoms with E-state index in [0.29, 0.717) is 0 Å². The van der Waals surface area contributed by atoms with Gasteiger partial charge in [-0.3, -0.25) is 0 Å². The van der Waals surface area contributed by atoms with Gasteiger partial charge in [-0.1, -0.05) is 51.3 Å². The summed E-state index contributed by atoms with van der Waals surface area (Å²) in [5.74, 6) is 0. The van der Waals surface area contributed by atoms with E-state index in [9.17, 15) is 0 Å². The second-order valence-corrected chi connectivity index (χ2v) is 6.07. The SMILES string of the molecule is CNC(c1cc(C)ccc1C)c1cc(Br)ccc1Cl. The van der Waals surface area contributed by atoms with Crippen LogP contribution in [-0.4, -0.2) is 7.05 Å². The molecule has 0 aromatic heterocycles. The molecule has 0 aliphatic carbocycles. The summed E-state index contributed by atoms with van der Waals surface area (Å²) in [5.41, 5.74) is 4.88. The highest BCUT2D eigenvalue weighted by molar-refractivity contribution is 9.10. The van der Waals surface area contributed by atoms with Crippen molar-refractivity contribution in [2.75, 3.05) is 7.05 Å². The van der Waals surface area contributed by atoms with Gasteiger partial charge in [0, 0.05) is 9.50 Å². The number of hydrogen-bond acceptors (Lipinski definition) is 1. The minimum Gasteiger partial charge on any atom is -0.309 e. The molecule has 19 heavy (non-hydrogen) atoms. The van der Waals surface area contributed by atoms with Gasteiger partial charge in [0.2, 0.25) is 0 Å². The van der Waals surface area contributed by atoms with Crippen LogP contribution in [0.4, 0.5) is 0 Å². The van der Waals surface area contributed by atoms with Gasteiger partial charge in [-0.15, -0.1) is 0 Å². The van der Waals surface area contributed by atoms with Crippen molar-refractivity contribution >= 4 is 27.5 Å². The molecule has 2 rings (SSSR count). The Morgan fingerprint density at radius 1 is 1.05 bits per heavy atom. The summed E-state index contributed by atoms with van der Waals surface area (Å²) in [4.78, 5) is 0. The Hall–Kier alpha value is -0.830. The number of aryl methyl sites for hydroxylation is 2. The lowest BCUT2D eigenvalue weighted by Gasteiger charge is -2.21. The molecule has 1 N–H and O–H groups in total. The van der Waals surface area contributed by atoms with Gasteiger partial charge in [0.25, 0.3) is 0 Å². The van der Waals surface area contributed by atoms with Crippen molar-refractivity contribution in [3.8, 4) is 0 Å². The highest BCUT2D eigenvalue weighted by Crippen LogP contribution is 2.32. The largest absolute Gasteiger partial charge is 0.309 e. The molecule has 0 saturated carbocycles. The molecule has 1 atom stereocenters. The molecular formula is C16H17BrClN. The quantitative estimate of drug-likeness (QED) is 0.828. The average Bonchev–Trinajstić information content (AvgIpc) is 2.38. The fourth-order valence-electron chi connectivity index (χ4n) is 2.29. The van der Waals surface area contributed by atoms with Gasteiger partial charge in [0.05, 0.1) is 6.04 Å². The molecule has 100 valence electrons. The summed E-state index contributed by atoms with van der Waals surface area (Å²) in [6.45, 7) is 4.24. The third-order valence-corrected chi connectivity index (χ3v) is 4.14. The molecule has 0 heterocycles. The zero-order chi connectivity index (χ0) is 14.0. The van der Waals surface area contributed by atoms with Crippen LogP contribution in [0, 0.1) is 13.8 Å². The summed E-state index contributed by atoms with van der Waals surface area (Å²) < 4.78 is 1.04. The van der Waals surface area contributed by atoms with E-state index in [1.807, 2.05) is 19.2 Å². The van der Waals surface area contributed by atoms with Gasteiger partial charge in [-0.05, 0) is 55.8 Å². The highest BCUT2D eigenvalue weighted by Gasteiger charge is 2.17. The normalized spacial score (nSPS) is 12.5. The van der Waals surface area contributed by atoms with E-state index >= 15 is 0 Å². The van der Waals surface area contributed by atoms with Gasteiger partial charge in [-0.2, -0.15) is 0 Å². The van der Waals surface area contributed by atoms with Gasteiger partial charge in [0.1, 0.15) is 0 Å². The van der Waals surface area contributed by atoms with Crippen LogP contribution in [0.25, 0.3) is 0 Å². The Balaban J connectivity index is 2.55. The summed E-state index contributed by atoms with van der Waals surface area (Å²) in [5, 5.41) is 4.15. The Morgan fingerprint density at radius 2 is 1.79 bits per heavy atom. The van der Waals surface area contributed by atoms with Crippen LogP contribution < -0.4 is 5.32 Å². The van der Waals surface area contributed by atoms with Crippen LogP contribution in [0.3, 0.4) is 0 Å². The van der Waals surface area contributed by atoms with E-state index < -0.39 is 0 Å². The fourth-order valence-corrected chi connectivity index (χ4v) is 2.89. The molecule has 0 fully saturated rings. The van der Waals surface area contributed by atoms with Crippen molar-refractivity contribution in [1.29, 1.82) is 0 Å². The molecule has 0 amide bonds. The molecule has 2 aromatic rings. The average molecular weight is 339 g/mol. The van der Waals surface area contributed by atoms with Gasteiger partial charge < -0.3 is 5.32 Å². The second-order valence-electron chi connectivity index (χ2n) is 4.75. The van der Waals surface area contributed by atoms with E-state index in [-0.39, 0.29) is 6.04 Å². The zero-order valence-corrected chi connectivity index (χ0v) is 13.6. The first-order valence-corrected chi connectivity index (χ1v) is 7.39. The lowest BCUT2D eigenvalue weighted by Crippen LogP contribution is -2.19. The standard InChI is InChI=1S/C16H17BrClN/c1-10-4-5-11(2)13(8-10)16(19-3)14-9-12(17)6-7-15(14)18/h4-9,16,19H,1-3H3. The van der Waals surface area contributed by atoms with E-state index in [0.717, 1.165) is 15.1 Å². The molecule has 0 bridgehead atoms. The maximum Gasteiger partial charge on any atom is 0.0592 e. The van der Waals surface area contributed by atoms with E-state index in [1.54, 1.807) is 0 Å². The van der Waals surface area contributed by atoms with Gasteiger partial charge in [-0.25, -0.2) is 0 Å². The minimum atomic E-state index is 0.102.